The zero-order chi connectivity index (χ0) is 17.2. The number of rotatable bonds is 3. The molecule has 0 saturated carbocycles. The number of alkyl halides is 3. The van der Waals surface area contributed by atoms with Gasteiger partial charge in [-0.3, -0.25) is 4.79 Å². The van der Waals surface area contributed by atoms with Gasteiger partial charge in [-0.2, -0.15) is 13.2 Å². The summed E-state index contributed by atoms with van der Waals surface area (Å²) >= 11 is 0. The lowest BCUT2D eigenvalue weighted by molar-refractivity contribution is -0.197. The summed E-state index contributed by atoms with van der Waals surface area (Å²) in [5.74, 6) is -0.188. The monoisotopic (exact) mass is 330 g/mol. The minimum Gasteiger partial charge on any atom is -0.483 e. The first kappa shape index (κ1) is 17.6. The molecular formula is C16H21F3N2O2. The highest BCUT2D eigenvalue weighted by Gasteiger charge is 2.47. The van der Waals surface area contributed by atoms with Crippen molar-refractivity contribution >= 4 is 5.91 Å². The Kier molecular flexibility index (Phi) is 5.19. The zero-order valence-corrected chi connectivity index (χ0v) is 13.2. The van der Waals surface area contributed by atoms with E-state index in [0.29, 0.717) is 5.75 Å². The van der Waals surface area contributed by atoms with Crippen molar-refractivity contribution in [3.63, 3.8) is 0 Å². The van der Waals surface area contributed by atoms with Crippen molar-refractivity contribution in [1.29, 1.82) is 0 Å². The van der Waals surface area contributed by atoms with Crippen LogP contribution in [0.2, 0.25) is 0 Å². The maximum atomic E-state index is 13.1. The number of piperidine rings is 1. The number of ether oxygens (including phenoxy) is 1. The molecule has 7 heteroatoms. The summed E-state index contributed by atoms with van der Waals surface area (Å²) in [4.78, 5) is 13.0. The van der Waals surface area contributed by atoms with Gasteiger partial charge in [0.1, 0.15) is 11.8 Å². The van der Waals surface area contributed by atoms with E-state index in [0.717, 1.165) is 16.0 Å². The third kappa shape index (κ3) is 4.37. The van der Waals surface area contributed by atoms with Gasteiger partial charge in [-0.25, -0.2) is 0 Å². The Morgan fingerprint density at radius 2 is 2.04 bits per heavy atom. The van der Waals surface area contributed by atoms with Crippen molar-refractivity contribution < 1.29 is 22.7 Å². The number of nitrogens with two attached hydrogens (primary N) is 1. The lowest BCUT2D eigenvalue weighted by Crippen LogP contribution is -2.57. The van der Waals surface area contributed by atoms with Crippen molar-refractivity contribution in [3.05, 3.63) is 29.3 Å². The van der Waals surface area contributed by atoms with Crippen LogP contribution in [0.1, 0.15) is 24.0 Å². The minimum absolute atomic E-state index is 0.0980. The molecule has 0 aromatic heterocycles. The number of nitrogens with zero attached hydrogens (tertiary/aromatic N) is 1. The van der Waals surface area contributed by atoms with E-state index >= 15 is 0 Å². The Labute approximate surface area is 133 Å². The van der Waals surface area contributed by atoms with Gasteiger partial charge in [-0.05, 0) is 43.9 Å². The molecule has 0 bridgehead atoms. The fourth-order valence-corrected chi connectivity index (χ4v) is 2.70. The fraction of sp³-hybridized carbons (Fsp3) is 0.562. The summed E-state index contributed by atoms with van der Waals surface area (Å²) in [6, 6.07) is 3.28. The maximum Gasteiger partial charge on any atom is 0.408 e. The Balaban J connectivity index is 2.06. The molecule has 1 aliphatic heterocycles. The summed E-state index contributed by atoms with van der Waals surface area (Å²) in [6.07, 6.45) is -4.36. The number of likely N-dealkylation sites (tertiary alicyclic amines) is 1. The van der Waals surface area contributed by atoms with Gasteiger partial charge in [0, 0.05) is 12.6 Å². The van der Waals surface area contributed by atoms with Gasteiger partial charge in [0.05, 0.1) is 0 Å². The average Bonchev–Trinajstić information content (AvgIpc) is 2.46. The van der Waals surface area contributed by atoms with Gasteiger partial charge in [0.2, 0.25) is 0 Å². The SMILES string of the molecule is Cc1ccc(C)c(OCC(=O)N2CC(N)CCC2C(F)(F)F)c1. The molecular weight excluding hydrogens is 309 g/mol. The van der Waals surface area contributed by atoms with E-state index in [1.54, 1.807) is 6.07 Å². The molecule has 0 radical (unpaired) electrons. The van der Waals surface area contributed by atoms with Gasteiger partial charge >= 0.3 is 6.18 Å². The third-order valence-corrected chi connectivity index (χ3v) is 4.01. The van der Waals surface area contributed by atoms with Crippen LogP contribution in [-0.2, 0) is 4.79 Å². The Hall–Kier alpha value is -1.76. The second kappa shape index (κ2) is 6.78. The number of halogens is 3. The molecule has 1 saturated heterocycles. The summed E-state index contributed by atoms with van der Waals surface area (Å²) in [7, 11) is 0. The number of carbonyl (C=O) groups is 1. The quantitative estimate of drug-likeness (QED) is 0.927. The fourth-order valence-electron chi connectivity index (χ4n) is 2.70. The number of carbonyl (C=O) groups excluding carboxylic acids is 1. The molecule has 1 aromatic rings. The first-order chi connectivity index (χ1) is 10.7. The lowest BCUT2D eigenvalue weighted by Gasteiger charge is -2.39. The first-order valence-electron chi connectivity index (χ1n) is 7.50. The predicted octanol–water partition coefficient (Wildman–Crippen LogP) is 2.56. The van der Waals surface area contributed by atoms with Crippen LogP contribution in [-0.4, -0.2) is 42.2 Å². The molecule has 1 amide bonds. The van der Waals surface area contributed by atoms with Gasteiger partial charge in [-0.15, -0.1) is 0 Å². The summed E-state index contributed by atoms with van der Waals surface area (Å²) in [6.45, 7) is 3.16. The van der Waals surface area contributed by atoms with Crippen LogP contribution in [0.15, 0.2) is 18.2 Å². The topological polar surface area (TPSA) is 55.6 Å². The van der Waals surface area contributed by atoms with Crippen LogP contribution in [0.25, 0.3) is 0 Å². The van der Waals surface area contributed by atoms with Crippen molar-refractivity contribution in [3.8, 4) is 5.75 Å². The standard InChI is InChI=1S/C16H21F3N2O2/c1-10-3-4-11(2)13(7-10)23-9-15(22)21-8-12(20)5-6-14(21)16(17,18)19/h3-4,7,12,14H,5-6,8-9,20H2,1-2H3. The van der Waals surface area contributed by atoms with Crippen LogP contribution in [0.4, 0.5) is 13.2 Å². The van der Waals surface area contributed by atoms with Crippen molar-refractivity contribution in [2.75, 3.05) is 13.2 Å². The molecule has 23 heavy (non-hydrogen) atoms. The first-order valence-corrected chi connectivity index (χ1v) is 7.50. The Morgan fingerprint density at radius 1 is 1.35 bits per heavy atom. The molecule has 2 unspecified atom stereocenters. The molecule has 4 nitrogen and oxygen atoms in total. The average molecular weight is 330 g/mol. The van der Waals surface area contributed by atoms with E-state index in [1.165, 1.54) is 0 Å². The molecule has 1 heterocycles. The molecule has 1 aliphatic rings. The molecule has 2 N–H and O–H groups in total. The van der Waals surface area contributed by atoms with Crippen LogP contribution >= 0.6 is 0 Å². The van der Waals surface area contributed by atoms with Gasteiger partial charge in [-0.1, -0.05) is 12.1 Å². The van der Waals surface area contributed by atoms with Gasteiger partial charge in [0.25, 0.3) is 5.91 Å². The molecule has 1 aromatic carbocycles. The lowest BCUT2D eigenvalue weighted by atomic mass is 9.98. The van der Waals surface area contributed by atoms with Crippen molar-refractivity contribution in [1.82, 2.24) is 4.90 Å². The molecule has 2 atom stereocenters. The normalized spacial score (nSPS) is 22.1. The van der Waals surface area contributed by atoms with Crippen LogP contribution in [0, 0.1) is 13.8 Å². The molecule has 0 aliphatic carbocycles. The number of hydrogen-bond acceptors (Lipinski definition) is 3. The van der Waals surface area contributed by atoms with Crippen molar-refractivity contribution in [2.45, 2.75) is 44.9 Å². The molecule has 1 fully saturated rings. The Bertz CT molecular complexity index is 575. The molecule has 128 valence electrons. The van der Waals surface area contributed by atoms with Crippen LogP contribution < -0.4 is 10.5 Å². The van der Waals surface area contributed by atoms with Gasteiger partial charge in [0.15, 0.2) is 6.61 Å². The van der Waals surface area contributed by atoms with Crippen molar-refractivity contribution in [2.24, 2.45) is 5.73 Å². The second-order valence-corrected chi connectivity index (χ2v) is 6.00. The van der Waals surface area contributed by atoms with E-state index in [9.17, 15) is 18.0 Å². The maximum absolute atomic E-state index is 13.1. The number of amides is 1. The highest BCUT2D eigenvalue weighted by atomic mass is 19.4. The van der Waals surface area contributed by atoms with Crippen LogP contribution in [0.3, 0.4) is 0 Å². The Morgan fingerprint density at radius 3 is 2.70 bits per heavy atom. The summed E-state index contributed by atoms with van der Waals surface area (Å²) in [5.41, 5.74) is 7.49. The van der Waals surface area contributed by atoms with E-state index in [2.05, 4.69) is 0 Å². The third-order valence-electron chi connectivity index (χ3n) is 4.01. The zero-order valence-electron chi connectivity index (χ0n) is 13.2. The highest BCUT2D eigenvalue weighted by Crippen LogP contribution is 2.31. The molecule has 2 rings (SSSR count). The van der Waals surface area contributed by atoms with Crippen LogP contribution in [0.5, 0.6) is 5.75 Å². The molecule has 0 spiro atoms. The number of benzene rings is 1. The largest absolute Gasteiger partial charge is 0.483 e. The summed E-state index contributed by atoms with van der Waals surface area (Å²) in [5, 5.41) is 0. The number of aryl methyl sites for hydroxylation is 2. The minimum atomic E-state index is -4.45. The predicted molar refractivity (Wildman–Crippen MR) is 80.2 cm³/mol. The van der Waals surface area contributed by atoms with E-state index in [1.807, 2.05) is 26.0 Å². The van der Waals surface area contributed by atoms with E-state index < -0.39 is 30.8 Å². The highest BCUT2D eigenvalue weighted by molar-refractivity contribution is 5.78. The smallest absolute Gasteiger partial charge is 0.408 e. The second-order valence-electron chi connectivity index (χ2n) is 6.00. The van der Waals surface area contributed by atoms with Gasteiger partial charge < -0.3 is 15.4 Å². The van der Waals surface area contributed by atoms with E-state index in [4.69, 9.17) is 10.5 Å². The number of hydrogen-bond donors (Lipinski definition) is 1. The summed E-state index contributed by atoms with van der Waals surface area (Å²) < 4.78 is 44.7. The van der Waals surface area contributed by atoms with E-state index in [-0.39, 0.29) is 19.4 Å².